The van der Waals surface area contributed by atoms with Crippen molar-refractivity contribution in [1.29, 1.82) is 0 Å². The maximum Gasteiger partial charge on any atom is 0.333 e. The summed E-state index contributed by atoms with van der Waals surface area (Å²) in [7, 11) is 0. The van der Waals surface area contributed by atoms with Gasteiger partial charge in [-0.1, -0.05) is 13.5 Å². The standard InChI is InChI=1S/C18H28O8S/c1-5-27-12-14(4)26-17(21)8-9-23-15(19)6-7-16(20)24-10-11-25-18(22)13(2)3/h14H,2,5-12H2,1,3-4H3. The molecule has 0 heterocycles. The average Bonchev–Trinajstić information content (AvgIpc) is 2.61. The van der Waals surface area contributed by atoms with Crippen LogP contribution in [0.15, 0.2) is 12.2 Å². The summed E-state index contributed by atoms with van der Waals surface area (Å²) in [6.07, 6.45) is -0.556. The Bertz CT molecular complexity index is 517. The fraction of sp³-hybridized carbons (Fsp3) is 0.667. The van der Waals surface area contributed by atoms with Gasteiger partial charge >= 0.3 is 23.9 Å². The predicted molar refractivity (Wildman–Crippen MR) is 100 cm³/mol. The number of hydrogen-bond donors (Lipinski definition) is 0. The number of thioether (sulfide) groups is 1. The highest BCUT2D eigenvalue weighted by molar-refractivity contribution is 7.99. The fourth-order valence-electron chi connectivity index (χ4n) is 1.61. The number of carbonyl (C=O) groups excluding carboxylic acids is 4. The molecule has 0 aliphatic heterocycles. The first kappa shape index (κ1) is 25.0. The van der Waals surface area contributed by atoms with Crippen LogP contribution >= 0.6 is 11.8 Å². The second kappa shape index (κ2) is 15.1. The van der Waals surface area contributed by atoms with Crippen LogP contribution in [0.4, 0.5) is 0 Å². The van der Waals surface area contributed by atoms with Crippen LogP contribution in [0.3, 0.4) is 0 Å². The molecule has 0 aliphatic carbocycles. The number of esters is 4. The van der Waals surface area contributed by atoms with Gasteiger partial charge in [0.2, 0.25) is 0 Å². The highest BCUT2D eigenvalue weighted by Gasteiger charge is 2.13. The quantitative estimate of drug-likeness (QED) is 0.186. The van der Waals surface area contributed by atoms with Crippen LogP contribution in [-0.2, 0) is 38.1 Å². The molecule has 0 aromatic carbocycles. The monoisotopic (exact) mass is 404 g/mol. The van der Waals surface area contributed by atoms with Gasteiger partial charge in [0.1, 0.15) is 25.9 Å². The van der Waals surface area contributed by atoms with E-state index in [1.165, 1.54) is 6.92 Å². The summed E-state index contributed by atoms with van der Waals surface area (Å²) in [4.78, 5) is 45.6. The molecular formula is C18H28O8S. The minimum absolute atomic E-state index is 0.0363. The molecule has 0 radical (unpaired) electrons. The van der Waals surface area contributed by atoms with Crippen molar-refractivity contribution in [3.63, 3.8) is 0 Å². The fourth-order valence-corrected chi connectivity index (χ4v) is 2.25. The molecular weight excluding hydrogens is 376 g/mol. The molecule has 1 unspecified atom stereocenters. The van der Waals surface area contributed by atoms with Gasteiger partial charge in [-0.2, -0.15) is 11.8 Å². The third-order valence-corrected chi connectivity index (χ3v) is 4.03. The van der Waals surface area contributed by atoms with Gasteiger partial charge in [-0.25, -0.2) is 4.79 Å². The van der Waals surface area contributed by atoms with E-state index in [1.807, 2.05) is 6.92 Å². The Labute approximate surface area is 163 Å². The third kappa shape index (κ3) is 14.8. The van der Waals surface area contributed by atoms with Crippen LogP contribution in [0.1, 0.15) is 40.0 Å². The topological polar surface area (TPSA) is 105 Å². The number of rotatable bonds is 14. The Balaban J connectivity index is 3.72. The molecule has 154 valence electrons. The van der Waals surface area contributed by atoms with Crippen molar-refractivity contribution < 1.29 is 38.1 Å². The second-order valence-corrected chi connectivity index (χ2v) is 6.89. The zero-order chi connectivity index (χ0) is 20.7. The first-order valence-corrected chi connectivity index (χ1v) is 9.82. The first-order chi connectivity index (χ1) is 12.8. The molecule has 0 amide bonds. The predicted octanol–water partition coefficient (Wildman–Crippen LogP) is 2.05. The van der Waals surface area contributed by atoms with Crippen LogP contribution in [-0.4, -0.2) is 61.3 Å². The van der Waals surface area contributed by atoms with E-state index in [0.717, 1.165) is 11.5 Å². The summed E-state index contributed by atoms with van der Waals surface area (Å²) in [5.74, 6) is -0.552. The lowest BCUT2D eigenvalue weighted by Gasteiger charge is -2.12. The smallest absolute Gasteiger partial charge is 0.333 e. The van der Waals surface area contributed by atoms with Crippen LogP contribution in [0.5, 0.6) is 0 Å². The zero-order valence-corrected chi connectivity index (χ0v) is 16.9. The van der Waals surface area contributed by atoms with E-state index in [1.54, 1.807) is 18.7 Å². The second-order valence-electron chi connectivity index (χ2n) is 5.57. The van der Waals surface area contributed by atoms with Crippen molar-refractivity contribution in [3.8, 4) is 0 Å². The SMILES string of the molecule is C=C(C)C(=O)OCCOC(=O)CCC(=O)OCCC(=O)OC(C)CSCC. The summed E-state index contributed by atoms with van der Waals surface area (Å²) in [5.41, 5.74) is 0.252. The number of ether oxygens (including phenoxy) is 4. The highest BCUT2D eigenvalue weighted by Crippen LogP contribution is 2.06. The van der Waals surface area contributed by atoms with Gasteiger partial charge in [-0.05, 0) is 19.6 Å². The van der Waals surface area contributed by atoms with E-state index in [0.29, 0.717) is 0 Å². The molecule has 0 saturated carbocycles. The largest absolute Gasteiger partial charge is 0.465 e. The van der Waals surface area contributed by atoms with E-state index in [2.05, 4.69) is 6.58 Å². The van der Waals surface area contributed by atoms with Crippen molar-refractivity contribution >= 4 is 35.6 Å². The van der Waals surface area contributed by atoms with Crippen LogP contribution in [0, 0.1) is 0 Å². The lowest BCUT2D eigenvalue weighted by Crippen LogP contribution is -2.19. The van der Waals surface area contributed by atoms with Crippen molar-refractivity contribution in [1.82, 2.24) is 0 Å². The molecule has 0 aliphatic rings. The van der Waals surface area contributed by atoms with Gasteiger partial charge in [0.05, 0.1) is 19.3 Å². The lowest BCUT2D eigenvalue weighted by atomic mass is 10.3. The molecule has 27 heavy (non-hydrogen) atoms. The lowest BCUT2D eigenvalue weighted by molar-refractivity contribution is -0.154. The maximum atomic E-state index is 11.6. The molecule has 0 saturated heterocycles. The Morgan fingerprint density at radius 1 is 0.889 bits per heavy atom. The Kier molecular flexibility index (Phi) is 13.9. The van der Waals surface area contributed by atoms with Gasteiger partial charge in [-0.3, -0.25) is 14.4 Å². The van der Waals surface area contributed by atoms with E-state index >= 15 is 0 Å². The Morgan fingerprint density at radius 2 is 1.44 bits per heavy atom. The summed E-state index contributed by atoms with van der Waals surface area (Å²) in [5, 5.41) is 0. The Morgan fingerprint density at radius 3 is 2.00 bits per heavy atom. The van der Waals surface area contributed by atoms with Crippen LogP contribution in [0.2, 0.25) is 0 Å². The van der Waals surface area contributed by atoms with Gasteiger partial charge in [0, 0.05) is 11.3 Å². The molecule has 0 rings (SSSR count). The summed E-state index contributed by atoms with van der Waals surface area (Å²) in [6, 6.07) is 0. The van der Waals surface area contributed by atoms with Gasteiger partial charge < -0.3 is 18.9 Å². The molecule has 0 spiro atoms. The first-order valence-electron chi connectivity index (χ1n) is 8.67. The third-order valence-electron chi connectivity index (χ3n) is 2.92. The van der Waals surface area contributed by atoms with E-state index < -0.39 is 23.9 Å². The maximum absolute atomic E-state index is 11.6. The molecule has 9 heteroatoms. The van der Waals surface area contributed by atoms with Crippen molar-refractivity contribution in [2.24, 2.45) is 0 Å². The van der Waals surface area contributed by atoms with Crippen LogP contribution < -0.4 is 0 Å². The summed E-state index contributed by atoms with van der Waals surface area (Å²) in [6.45, 7) is 8.46. The van der Waals surface area contributed by atoms with Crippen LogP contribution in [0.25, 0.3) is 0 Å². The van der Waals surface area contributed by atoms with Gasteiger partial charge in [0.25, 0.3) is 0 Å². The Hall–Kier alpha value is -2.03. The van der Waals surface area contributed by atoms with E-state index in [4.69, 9.17) is 18.9 Å². The minimum Gasteiger partial charge on any atom is -0.465 e. The van der Waals surface area contributed by atoms with Gasteiger partial charge in [-0.15, -0.1) is 0 Å². The molecule has 8 nitrogen and oxygen atoms in total. The van der Waals surface area contributed by atoms with E-state index in [9.17, 15) is 19.2 Å². The van der Waals surface area contributed by atoms with Crippen molar-refractivity contribution in [2.45, 2.75) is 46.1 Å². The minimum atomic E-state index is -0.611. The molecule has 1 atom stereocenters. The summed E-state index contributed by atoms with van der Waals surface area (Å²) >= 11 is 1.67. The van der Waals surface area contributed by atoms with Crippen molar-refractivity contribution in [3.05, 3.63) is 12.2 Å². The van der Waals surface area contributed by atoms with E-state index in [-0.39, 0.29) is 50.8 Å². The number of hydrogen-bond acceptors (Lipinski definition) is 9. The van der Waals surface area contributed by atoms with Crippen molar-refractivity contribution in [2.75, 3.05) is 31.3 Å². The normalized spacial score (nSPS) is 11.2. The molecule has 0 fully saturated rings. The highest BCUT2D eigenvalue weighted by atomic mass is 32.2. The average molecular weight is 404 g/mol. The molecule has 0 bridgehead atoms. The summed E-state index contributed by atoms with van der Waals surface area (Å²) < 4.78 is 19.6. The van der Waals surface area contributed by atoms with Gasteiger partial charge in [0.15, 0.2) is 0 Å². The molecule has 0 aromatic rings. The zero-order valence-electron chi connectivity index (χ0n) is 16.1. The molecule has 0 aromatic heterocycles. The molecule has 0 N–H and O–H groups in total. The number of carbonyl (C=O) groups is 4.